The van der Waals surface area contributed by atoms with Crippen LogP contribution < -0.4 is 5.32 Å². The summed E-state index contributed by atoms with van der Waals surface area (Å²) in [5, 5.41) is 5.71. The van der Waals surface area contributed by atoms with Gasteiger partial charge in [0.15, 0.2) is 0 Å². The monoisotopic (exact) mass is 299 g/mol. The van der Waals surface area contributed by atoms with Crippen molar-refractivity contribution in [1.29, 1.82) is 0 Å². The third kappa shape index (κ3) is 4.29. The van der Waals surface area contributed by atoms with Gasteiger partial charge in [-0.3, -0.25) is 0 Å². The first-order chi connectivity index (χ1) is 7.79. The third-order valence-electron chi connectivity index (χ3n) is 2.34. The molecule has 1 aromatic heterocycles. The molecule has 1 N–H and O–H groups in total. The molecule has 0 spiro atoms. The highest BCUT2D eigenvalue weighted by Gasteiger charge is 2.14. The molecule has 1 unspecified atom stereocenters. The number of halogens is 1. The lowest BCUT2D eigenvalue weighted by Gasteiger charge is -2.16. The van der Waals surface area contributed by atoms with E-state index in [4.69, 9.17) is 0 Å². The molecule has 0 aliphatic carbocycles. The molecule has 1 heterocycles. The van der Waals surface area contributed by atoms with Crippen molar-refractivity contribution >= 4 is 27.3 Å². The van der Waals surface area contributed by atoms with Crippen LogP contribution in [0.5, 0.6) is 0 Å². The minimum absolute atomic E-state index is 0.440. The van der Waals surface area contributed by atoms with Crippen molar-refractivity contribution < 1.29 is 0 Å². The van der Waals surface area contributed by atoms with Gasteiger partial charge in [0.05, 0.1) is 0 Å². The van der Waals surface area contributed by atoms with Crippen molar-refractivity contribution in [2.75, 3.05) is 6.54 Å². The predicted octanol–water partition coefficient (Wildman–Crippen LogP) is 4.35. The van der Waals surface area contributed by atoms with Gasteiger partial charge >= 0.3 is 0 Å². The van der Waals surface area contributed by atoms with E-state index in [2.05, 4.69) is 51.5 Å². The molecule has 0 bridgehead atoms. The largest absolute Gasteiger partial charge is 0.309 e. The zero-order valence-corrected chi connectivity index (χ0v) is 12.2. The van der Waals surface area contributed by atoms with Crippen molar-refractivity contribution in [3.63, 3.8) is 0 Å². The summed E-state index contributed by atoms with van der Waals surface area (Å²) >= 11 is 5.41. The van der Waals surface area contributed by atoms with Crippen LogP contribution in [0, 0.1) is 11.8 Å². The highest BCUT2D eigenvalue weighted by atomic mass is 79.9. The van der Waals surface area contributed by atoms with Gasteiger partial charge in [0.1, 0.15) is 0 Å². The van der Waals surface area contributed by atoms with Crippen LogP contribution in [0.25, 0.3) is 0 Å². The first kappa shape index (κ1) is 13.8. The Balaban J connectivity index is 2.62. The van der Waals surface area contributed by atoms with E-state index in [9.17, 15) is 0 Å². The Hall–Kier alpha value is -0.300. The second-order valence-corrected chi connectivity index (χ2v) is 5.41. The summed E-state index contributed by atoms with van der Waals surface area (Å²) in [6, 6.07) is 2.56. The van der Waals surface area contributed by atoms with Gasteiger partial charge in [0.25, 0.3) is 0 Å². The molecule has 3 heteroatoms. The molecule has 0 saturated carbocycles. The Morgan fingerprint density at radius 2 is 2.38 bits per heavy atom. The minimum atomic E-state index is 0.440. The maximum atomic E-state index is 3.60. The average Bonchev–Trinajstić information content (AvgIpc) is 2.70. The SMILES string of the molecule is CC#CCCC(NCCC)c1sccc1Br. The Bertz CT molecular complexity index is 361. The molecular weight excluding hydrogens is 282 g/mol. The topological polar surface area (TPSA) is 12.0 Å². The summed E-state index contributed by atoms with van der Waals surface area (Å²) in [5.74, 6) is 6.09. The van der Waals surface area contributed by atoms with Gasteiger partial charge in [-0.05, 0) is 53.7 Å². The Labute approximate surface area is 111 Å². The summed E-state index contributed by atoms with van der Waals surface area (Å²) in [6.07, 6.45) is 3.21. The summed E-state index contributed by atoms with van der Waals surface area (Å²) in [5.41, 5.74) is 0. The van der Waals surface area contributed by atoms with Gasteiger partial charge in [-0.2, -0.15) is 0 Å². The molecule has 0 saturated heterocycles. The number of hydrogen-bond donors (Lipinski definition) is 1. The van der Waals surface area contributed by atoms with Crippen molar-refractivity contribution in [1.82, 2.24) is 5.32 Å². The molecule has 1 atom stereocenters. The molecule has 88 valence electrons. The molecule has 1 nitrogen and oxygen atoms in total. The van der Waals surface area contributed by atoms with Crippen molar-refractivity contribution in [2.24, 2.45) is 0 Å². The van der Waals surface area contributed by atoms with Gasteiger partial charge in [-0.1, -0.05) is 6.92 Å². The predicted molar refractivity (Wildman–Crippen MR) is 75.7 cm³/mol. The zero-order chi connectivity index (χ0) is 11.8. The normalized spacial score (nSPS) is 11.9. The standard InChI is InChI=1S/C13H18BrNS/c1-3-5-6-7-12(15-9-4-2)13-11(14)8-10-16-13/h8,10,12,15H,4,6-7,9H2,1-2H3. The lowest BCUT2D eigenvalue weighted by atomic mass is 10.1. The van der Waals surface area contributed by atoms with Crippen LogP contribution in [0.4, 0.5) is 0 Å². The highest BCUT2D eigenvalue weighted by Crippen LogP contribution is 2.31. The van der Waals surface area contributed by atoms with E-state index >= 15 is 0 Å². The molecule has 0 amide bonds. The van der Waals surface area contributed by atoms with E-state index in [1.54, 1.807) is 0 Å². The second-order valence-electron chi connectivity index (χ2n) is 3.60. The molecule has 0 radical (unpaired) electrons. The molecule has 0 aliphatic heterocycles. The summed E-state index contributed by atoms with van der Waals surface area (Å²) in [6.45, 7) is 5.16. The Morgan fingerprint density at radius 1 is 1.56 bits per heavy atom. The lowest BCUT2D eigenvalue weighted by molar-refractivity contribution is 0.511. The molecule has 0 aliphatic rings. The average molecular weight is 300 g/mol. The first-order valence-corrected chi connectivity index (χ1v) is 7.32. The number of rotatable bonds is 6. The van der Waals surface area contributed by atoms with E-state index in [0.29, 0.717) is 6.04 Å². The van der Waals surface area contributed by atoms with Crippen molar-refractivity contribution in [3.8, 4) is 11.8 Å². The van der Waals surface area contributed by atoms with E-state index in [0.717, 1.165) is 19.4 Å². The maximum Gasteiger partial charge on any atom is 0.0435 e. The summed E-state index contributed by atoms with van der Waals surface area (Å²) < 4.78 is 1.22. The number of thiophene rings is 1. The molecule has 16 heavy (non-hydrogen) atoms. The van der Waals surface area contributed by atoms with Crippen molar-refractivity contribution in [3.05, 3.63) is 20.8 Å². The van der Waals surface area contributed by atoms with E-state index in [-0.39, 0.29) is 0 Å². The van der Waals surface area contributed by atoms with E-state index < -0.39 is 0 Å². The fourth-order valence-electron chi connectivity index (χ4n) is 1.54. The van der Waals surface area contributed by atoms with Crippen molar-refractivity contribution in [2.45, 2.75) is 39.2 Å². The number of hydrogen-bond acceptors (Lipinski definition) is 2. The highest BCUT2D eigenvalue weighted by molar-refractivity contribution is 9.10. The molecule has 1 aromatic rings. The summed E-state index contributed by atoms with van der Waals surface area (Å²) in [7, 11) is 0. The van der Waals surface area contributed by atoms with Gasteiger partial charge in [-0.15, -0.1) is 23.2 Å². The van der Waals surface area contributed by atoms with Crippen LogP contribution in [0.3, 0.4) is 0 Å². The fourth-order valence-corrected chi connectivity index (χ4v) is 3.30. The van der Waals surface area contributed by atoms with Crippen LogP contribution >= 0.6 is 27.3 Å². The van der Waals surface area contributed by atoms with Gasteiger partial charge in [-0.25, -0.2) is 0 Å². The molecule has 0 aromatic carbocycles. The minimum Gasteiger partial charge on any atom is -0.309 e. The first-order valence-electron chi connectivity index (χ1n) is 5.65. The van der Waals surface area contributed by atoms with Gasteiger partial charge in [0.2, 0.25) is 0 Å². The van der Waals surface area contributed by atoms with Crippen LogP contribution in [0.1, 0.15) is 44.0 Å². The van der Waals surface area contributed by atoms with Gasteiger partial charge in [0, 0.05) is 21.8 Å². The molecule has 0 fully saturated rings. The smallest absolute Gasteiger partial charge is 0.0435 e. The maximum absolute atomic E-state index is 3.60. The number of nitrogens with one attached hydrogen (secondary N) is 1. The second kappa shape index (κ2) is 7.89. The van der Waals surface area contributed by atoms with Crippen LogP contribution in [-0.4, -0.2) is 6.54 Å². The third-order valence-corrected chi connectivity index (χ3v) is 4.32. The van der Waals surface area contributed by atoms with E-state index in [1.165, 1.54) is 15.8 Å². The van der Waals surface area contributed by atoms with Crippen LogP contribution in [-0.2, 0) is 0 Å². The zero-order valence-electron chi connectivity index (χ0n) is 9.85. The Morgan fingerprint density at radius 3 is 2.94 bits per heavy atom. The Kier molecular flexibility index (Phi) is 6.79. The quantitative estimate of drug-likeness (QED) is 0.770. The molecule has 1 rings (SSSR count). The van der Waals surface area contributed by atoms with Gasteiger partial charge < -0.3 is 5.32 Å². The van der Waals surface area contributed by atoms with E-state index in [1.807, 2.05) is 18.3 Å². The molecular formula is C13H18BrNS. The van der Waals surface area contributed by atoms with Crippen LogP contribution in [0.15, 0.2) is 15.9 Å². The lowest BCUT2D eigenvalue weighted by Crippen LogP contribution is -2.21. The fraction of sp³-hybridized carbons (Fsp3) is 0.538. The summed E-state index contributed by atoms with van der Waals surface area (Å²) in [4.78, 5) is 1.39. The van der Waals surface area contributed by atoms with Crippen LogP contribution in [0.2, 0.25) is 0 Å².